The molecule has 0 spiro atoms. The van der Waals surface area contributed by atoms with Crippen molar-refractivity contribution in [3.05, 3.63) is 48.2 Å². The van der Waals surface area contributed by atoms with Gasteiger partial charge in [0.1, 0.15) is 0 Å². The van der Waals surface area contributed by atoms with Crippen LogP contribution in [0, 0.1) is 11.8 Å². The molecule has 1 aromatic heterocycles. The minimum atomic E-state index is -0.149. The molecule has 0 aliphatic heterocycles. The van der Waals surface area contributed by atoms with E-state index in [-0.39, 0.29) is 5.91 Å². The zero-order valence-electron chi connectivity index (χ0n) is 11.0. The molecule has 1 saturated carbocycles. The van der Waals surface area contributed by atoms with Crippen LogP contribution in [0.3, 0.4) is 0 Å². The molecule has 2 aliphatic rings. The van der Waals surface area contributed by atoms with Crippen molar-refractivity contribution < 1.29 is 4.79 Å². The number of para-hydroxylation sites is 1. The Morgan fingerprint density at radius 3 is 3.15 bits per heavy atom. The highest BCUT2D eigenvalue weighted by Crippen LogP contribution is 2.40. The summed E-state index contributed by atoms with van der Waals surface area (Å²) in [5, 5.41) is 5.23. The molecule has 0 radical (unpaired) electrons. The van der Waals surface area contributed by atoms with Gasteiger partial charge < -0.3 is 4.98 Å². The number of carbonyl (C=O) groups excluding carboxylic acids is 1. The number of benzene rings is 1. The van der Waals surface area contributed by atoms with E-state index in [0.717, 1.165) is 29.5 Å². The quantitative estimate of drug-likeness (QED) is 0.636. The monoisotopic (exact) mass is 265 g/mol. The summed E-state index contributed by atoms with van der Waals surface area (Å²) in [6.07, 6.45) is 8.24. The first-order valence-electron chi connectivity index (χ1n) is 6.92. The fourth-order valence-corrected chi connectivity index (χ4v) is 3.11. The molecule has 4 nitrogen and oxygen atoms in total. The number of nitrogens with one attached hydrogen (secondary N) is 2. The van der Waals surface area contributed by atoms with E-state index in [9.17, 15) is 4.79 Å². The number of aromatic amines is 1. The van der Waals surface area contributed by atoms with Crippen molar-refractivity contribution >= 4 is 22.5 Å². The molecule has 1 fully saturated rings. The van der Waals surface area contributed by atoms with Crippen molar-refractivity contribution in [2.24, 2.45) is 16.9 Å². The van der Waals surface area contributed by atoms with E-state index in [4.69, 9.17) is 0 Å². The highest BCUT2D eigenvalue weighted by atomic mass is 16.2. The number of nitrogens with zero attached hydrogens (tertiary/aromatic N) is 1. The van der Waals surface area contributed by atoms with Gasteiger partial charge in [-0.3, -0.25) is 4.79 Å². The Kier molecular flexibility index (Phi) is 2.49. The zero-order chi connectivity index (χ0) is 13.5. The zero-order valence-corrected chi connectivity index (χ0v) is 11.0. The van der Waals surface area contributed by atoms with Crippen molar-refractivity contribution in [2.75, 3.05) is 0 Å². The molecule has 1 amide bonds. The number of allylic oxidation sites excluding steroid dienone is 2. The molecule has 0 unspecified atom stereocenters. The normalized spacial score (nSPS) is 25.7. The standard InChI is InChI=1S/C16H15N3O/c20-16(13-9-17-14-7-2-1-5-12(13)14)19-18-15-8-10-4-3-6-11(10)15/h1-5,7,9-11,17H,6,8H2,(H,19,20)/b18-15+/t10-,11-/m1/s1. The van der Waals surface area contributed by atoms with Gasteiger partial charge in [-0.25, -0.2) is 5.43 Å². The van der Waals surface area contributed by atoms with Crippen LogP contribution < -0.4 is 5.43 Å². The summed E-state index contributed by atoms with van der Waals surface area (Å²) in [6.45, 7) is 0. The molecule has 2 atom stereocenters. The fraction of sp³-hybridized carbons (Fsp3) is 0.250. The predicted molar refractivity (Wildman–Crippen MR) is 78.6 cm³/mol. The Morgan fingerprint density at radius 1 is 1.35 bits per heavy atom. The Morgan fingerprint density at radius 2 is 2.25 bits per heavy atom. The summed E-state index contributed by atoms with van der Waals surface area (Å²) in [7, 11) is 0. The molecular weight excluding hydrogens is 250 g/mol. The molecule has 4 rings (SSSR count). The summed E-state index contributed by atoms with van der Waals surface area (Å²) >= 11 is 0. The van der Waals surface area contributed by atoms with Gasteiger partial charge in [0.25, 0.3) is 5.91 Å². The van der Waals surface area contributed by atoms with E-state index in [0.29, 0.717) is 17.4 Å². The number of hydrogen-bond donors (Lipinski definition) is 2. The third kappa shape index (κ3) is 1.68. The van der Waals surface area contributed by atoms with Gasteiger partial charge in [-0.1, -0.05) is 30.4 Å². The van der Waals surface area contributed by atoms with Crippen molar-refractivity contribution in [1.82, 2.24) is 10.4 Å². The summed E-state index contributed by atoms with van der Waals surface area (Å²) in [5.41, 5.74) is 5.42. The van der Waals surface area contributed by atoms with Crippen molar-refractivity contribution in [2.45, 2.75) is 12.8 Å². The van der Waals surface area contributed by atoms with Crippen LogP contribution in [-0.4, -0.2) is 16.6 Å². The Bertz CT molecular complexity index is 741. The topological polar surface area (TPSA) is 57.2 Å². The third-order valence-electron chi connectivity index (χ3n) is 4.30. The van der Waals surface area contributed by atoms with Crippen LogP contribution >= 0.6 is 0 Å². The van der Waals surface area contributed by atoms with Crippen LogP contribution in [0.1, 0.15) is 23.2 Å². The van der Waals surface area contributed by atoms with E-state index in [1.807, 2.05) is 24.3 Å². The molecule has 2 aromatic rings. The third-order valence-corrected chi connectivity index (χ3v) is 4.30. The maximum atomic E-state index is 12.2. The molecule has 1 aromatic carbocycles. The SMILES string of the molecule is O=C(N/N=C1\C[C@H]2C=CC[C@@H]12)c1c[nH]c2ccccc12. The summed E-state index contributed by atoms with van der Waals surface area (Å²) in [5.74, 6) is 1.03. The minimum Gasteiger partial charge on any atom is -0.360 e. The number of aromatic nitrogens is 1. The number of rotatable bonds is 2. The van der Waals surface area contributed by atoms with E-state index in [2.05, 4.69) is 27.7 Å². The lowest BCUT2D eigenvalue weighted by Crippen LogP contribution is -2.35. The van der Waals surface area contributed by atoms with Crippen LogP contribution in [-0.2, 0) is 0 Å². The lowest BCUT2D eigenvalue weighted by atomic mass is 9.74. The molecule has 1 heterocycles. The van der Waals surface area contributed by atoms with Gasteiger partial charge in [-0.15, -0.1) is 0 Å². The molecular formula is C16H15N3O. The van der Waals surface area contributed by atoms with Gasteiger partial charge in [0.05, 0.1) is 5.56 Å². The number of amides is 1. The van der Waals surface area contributed by atoms with Crippen LogP contribution in [0.5, 0.6) is 0 Å². The molecule has 0 saturated heterocycles. The van der Waals surface area contributed by atoms with Gasteiger partial charge in [0, 0.05) is 28.7 Å². The average molecular weight is 265 g/mol. The molecule has 0 bridgehead atoms. The highest BCUT2D eigenvalue weighted by Gasteiger charge is 2.38. The first kappa shape index (κ1) is 11.5. The number of H-pyrrole nitrogens is 1. The number of carbonyl (C=O) groups is 1. The molecule has 100 valence electrons. The Balaban J connectivity index is 1.52. The van der Waals surface area contributed by atoms with Gasteiger partial charge in [0.2, 0.25) is 0 Å². The minimum absolute atomic E-state index is 0.149. The molecule has 4 heteroatoms. The number of hydrazone groups is 1. The summed E-state index contributed by atoms with van der Waals surface area (Å²) in [6, 6.07) is 7.77. The van der Waals surface area contributed by atoms with Crippen LogP contribution in [0.25, 0.3) is 10.9 Å². The maximum absolute atomic E-state index is 12.2. The van der Waals surface area contributed by atoms with E-state index < -0.39 is 0 Å². The van der Waals surface area contributed by atoms with Gasteiger partial charge in [-0.2, -0.15) is 5.10 Å². The van der Waals surface area contributed by atoms with Crippen LogP contribution in [0.4, 0.5) is 0 Å². The fourth-order valence-electron chi connectivity index (χ4n) is 3.11. The van der Waals surface area contributed by atoms with E-state index >= 15 is 0 Å². The highest BCUT2D eigenvalue weighted by molar-refractivity contribution is 6.07. The smallest absolute Gasteiger partial charge is 0.273 e. The lowest BCUT2D eigenvalue weighted by Gasteiger charge is -2.31. The van der Waals surface area contributed by atoms with Crippen LogP contribution in [0.2, 0.25) is 0 Å². The maximum Gasteiger partial charge on any atom is 0.273 e. The lowest BCUT2D eigenvalue weighted by molar-refractivity contribution is 0.0955. The van der Waals surface area contributed by atoms with Crippen molar-refractivity contribution in [3.8, 4) is 0 Å². The van der Waals surface area contributed by atoms with E-state index in [1.54, 1.807) is 6.20 Å². The largest absolute Gasteiger partial charge is 0.360 e. The summed E-state index contributed by atoms with van der Waals surface area (Å²) < 4.78 is 0. The average Bonchev–Trinajstić information content (AvgIpc) is 3.03. The number of fused-ring (bicyclic) bond motifs is 2. The molecule has 2 N–H and O–H groups in total. The number of hydrogen-bond acceptors (Lipinski definition) is 2. The summed E-state index contributed by atoms with van der Waals surface area (Å²) in [4.78, 5) is 15.3. The Labute approximate surface area is 116 Å². The first-order chi connectivity index (χ1) is 9.83. The second kappa shape index (κ2) is 4.34. The second-order valence-corrected chi connectivity index (χ2v) is 5.43. The first-order valence-corrected chi connectivity index (χ1v) is 6.92. The van der Waals surface area contributed by atoms with Crippen molar-refractivity contribution in [3.63, 3.8) is 0 Å². The Hall–Kier alpha value is -2.36. The van der Waals surface area contributed by atoms with E-state index in [1.165, 1.54) is 0 Å². The molecule has 2 aliphatic carbocycles. The van der Waals surface area contributed by atoms with Gasteiger partial charge >= 0.3 is 0 Å². The van der Waals surface area contributed by atoms with Gasteiger partial charge in [0.15, 0.2) is 0 Å². The molecule has 20 heavy (non-hydrogen) atoms. The van der Waals surface area contributed by atoms with Crippen LogP contribution in [0.15, 0.2) is 47.7 Å². The van der Waals surface area contributed by atoms with Crippen molar-refractivity contribution in [1.29, 1.82) is 0 Å². The predicted octanol–water partition coefficient (Wildman–Crippen LogP) is 2.85. The second-order valence-electron chi connectivity index (χ2n) is 5.43. The van der Waals surface area contributed by atoms with Gasteiger partial charge in [-0.05, 0) is 24.8 Å².